The van der Waals surface area contributed by atoms with Crippen molar-refractivity contribution in [3.8, 4) is 0 Å². The van der Waals surface area contributed by atoms with Gasteiger partial charge in [0, 0.05) is 5.56 Å². The van der Waals surface area contributed by atoms with Crippen molar-refractivity contribution in [1.29, 1.82) is 0 Å². The first-order valence-corrected chi connectivity index (χ1v) is 9.07. The number of hydrogen-bond donors (Lipinski definition) is 0. The number of aromatic nitrogens is 2. The van der Waals surface area contributed by atoms with E-state index in [1.807, 2.05) is 18.2 Å². The van der Waals surface area contributed by atoms with E-state index in [2.05, 4.69) is 14.9 Å². The Morgan fingerprint density at radius 2 is 1.91 bits per heavy atom. The van der Waals surface area contributed by atoms with Crippen LogP contribution in [-0.2, 0) is 9.53 Å². The van der Waals surface area contributed by atoms with E-state index in [-0.39, 0.29) is 17.0 Å². The summed E-state index contributed by atoms with van der Waals surface area (Å²) in [4.78, 5) is 23.4. The Labute approximate surface area is 140 Å². The molecule has 5 nitrogen and oxygen atoms in total. The van der Waals surface area contributed by atoms with Gasteiger partial charge in [-0.05, 0) is 6.92 Å². The standard InChI is InChI=1S/C14H14N2O3S3/c1-9(12(18)19-2)21-14-16-15-13(22-14)20-8-11(17)10-6-4-3-5-7-10/h3-7,9H,8H2,1-2H3/t9-/m1/s1. The third kappa shape index (κ3) is 4.82. The van der Waals surface area contributed by atoms with Gasteiger partial charge in [0.15, 0.2) is 14.5 Å². The van der Waals surface area contributed by atoms with Crippen LogP contribution in [0.4, 0.5) is 0 Å². The van der Waals surface area contributed by atoms with E-state index in [1.54, 1.807) is 19.1 Å². The molecule has 0 fully saturated rings. The molecule has 1 aromatic heterocycles. The summed E-state index contributed by atoms with van der Waals surface area (Å²) < 4.78 is 6.07. The molecule has 22 heavy (non-hydrogen) atoms. The molecule has 8 heteroatoms. The lowest BCUT2D eigenvalue weighted by Gasteiger charge is -2.04. The summed E-state index contributed by atoms with van der Waals surface area (Å²) in [5.74, 6) is 0.0714. The predicted octanol–water partition coefficient (Wildman–Crippen LogP) is 3.17. The van der Waals surface area contributed by atoms with Crippen LogP contribution in [0, 0.1) is 0 Å². The Morgan fingerprint density at radius 3 is 2.59 bits per heavy atom. The van der Waals surface area contributed by atoms with Crippen LogP contribution >= 0.6 is 34.9 Å². The van der Waals surface area contributed by atoms with Crippen LogP contribution in [0.25, 0.3) is 0 Å². The first kappa shape index (κ1) is 17.0. The van der Waals surface area contributed by atoms with Crippen LogP contribution in [-0.4, -0.2) is 40.1 Å². The van der Waals surface area contributed by atoms with Gasteiger partial charge in [0.05, 0.1) is 12.9 Å². The first-order chi connectivity index (χ1) is 10.6. The Morgan fingerprint density at radius 1 is 1.23 bits per heavy atom. The van der Waals surface area contributed by atoms with E-state index in [0.29, 0.717) is 20.0 Å². The molecule has 0 saturated heterocycles. The van der Waals surface area contributed by atoms with Gasteiger partial charge in [-0.1, -0.05) is 65.2 Å². The molecule has 1 heterocycles. The summed E-state index contributed by atoms with van der Waals surface area (Å²) in [6.07, 6.45) is 0. The molecular weight excluding hydrogens is 340 g/mol. The van der Waals surface area contributed by atoms with Crippen molar-refractivity contribution in [2.45, 2.75) is 20.9 Å². The van der Waals surface area contributed by atoms with Gasteiger partial charge in [-0.25, -0.2) is 0 Å². The van der Waals surface area contributed by atoms with Gasteiger partial charge in [-0.2, -0.15) is 0 Å². The second kappa shape index (κ2) is 8.30. The van der Waals surface area contributed by atoms with Gasteiger partial charge in [0.1, 0.15) is 5.25 Å². The predicted molar refractivity (Wildman–Crippen MR) is 88.7 cm³/mol. The van der Waals surface area contributed by atoms with Gasteiger partial charge < -0.3 is 4.74 Å². The average molecular weight is 354 g/mol. The molecule has 0 aliphatic rings. The highest BCUT2D eigenvalue weighted by atomic mass is 32.2. The molecule has 0 amide bonds. The minimum atomic E-state index is -0.332. The highest BCUT2D eigenvalue weighted by molar-refractivity contribution is 8.04. The smallest absolute Gasteiger partial charge is 0.318 e. The molecule has 0 spiro atoms. The minimum Gasteiger partial charge on any atom is -0.468 e. The third-order valence-corrected chi connectivity index (χ3v) is 5.84. The van der Waals surface area contributed by atoms with Gasteiger partial charge in [0.25, 0.3) is 0 Å². The number of esters is 1. The van der Waals surface area contributed by atoms with E-state index in [4.69, 9.17) is 0 Å². The maximum Gasteiger partial charge on any atom is 0.318 e. The second-order valence-corrected chi connectivity index (χ2v) is 7.98. The van der Waals surface area contributed by atoms with E-state index in [0.717, 1.165) is 0 Å². The van der Waals surface area contributed by atoms with Crippen molar-refractivity contribution in [3.05, 3.63) is 35.9 Å². The topological polar surface area (TPSA) is 69.2 Å². The van der Waals surface area contributed by atoms with Crippen molar-refractivity contribution in [1.82, 2.24) is 10.2 Å². The van der Waals surface area contributed by atoms with E-state index < -0.39 is 0 Å². The Kier molecular flexibility index (Phi) is 6.41. The number of Topliss-reactive ketones (excluding diaryl/α,β-unsaturated/α-hetero) is 1. The molecule has 0 aliphatic carbocycles. The molecule has 0 unspecified atom stereocenters. The fourth-order valence-electron chi connectivity index (χ4n) is 1.50. The number of nitrogens with zero attached hydrogens (tertiary/aromatic N) is 2. The first-order valence-electron chi connectivity index (χ1n) is 6.39. The molecule has 0 N–H and O–H groups in total. The Hall–Kier alpha value is -1.38. The monoisotopic (exact) mass is 354 g/mol. The van der Waals surface area contributed by atoms with Crippen molar-refractivity contribution in [2.75, 3.05) is 12.9 Å². The van der Waals surface area contributed by atoms with Gasteiger partial charge in [-0.15, -0.1) is 10.2 Å². The third-order valence-electron chi connectivity index (χ3n) is 2.62. The number of ketones is 1. The fraction of sp³-hybridized carbons (Fsp3) is 0.286. The molecule has 0 bridgehead atoms. The largest absolute Gasteiger partial charge is 0.468 e. The normalized spacial score (nSPS) is 11.9. The van der Waals surface area contributed by atoms with E-state index >= 15 is 0 Å². The zero-order valence-electron chi connectivity index (χ0n) is 12.0. The molecule has 0 radical (unpaired) electrons. The van der Waals surface area contributed by atoms with Gasteiger partial charge >= 0.3 is 5.97 Å². The molecule has 2 rings (SSSR count). The molecule has 1 aromatic carbocycles. The van der Waals surface area contributed by atoms with Crippen LogP contribution in [0.3, 0.4) is 0 Å². The number of methoxy groups -OCH3 is 1. The fourth-order valence-corrected chi connectivity index (χ4v) is 4.59. The van der Waals surface area contributed by atoms with Crippen LogP contribution in [0.1, 0.15) is 17.3 Å². The van der Waals surface area contributed by atoms with Gasteiger partial charge in [-0.3, -0.25) is 9.59 Å². The van der Waals surface area contributed by atoms with Crippen molar-refractivity contribution in [3.63, 3.8) is 0 Å². The van der Waals surface area contributed by atoms with Crippen LogP contribution in [0.5, 0.6) is 0 Å². The van der Waals surface area contributed by atoms with Crippen molar-refractivity contribution in [2.24, 2.45) is 0 Å². The number of ether oxygens (including phenoxy) is 1. The Balaban J connectivity index is 1.87. The maximum atomic E-state index is 12.0. The highest BCUT2D eigenvalue weighted by Gasteiger charge is 2.18. The number of benzene rings is 1. The summed E-state index contributed by atoms with van der Waals surface area (Å²) in [5.41, 5.74) is 0.688. The van der Waals surface area contributed by atoms with Crippen molar-refractivity contribution >= 4 is 46.6 Å². The molecular formula is C14H14N2O3S3. The number of carbonyl (C=O) groups is 2. The number of rotatable bonds is 7. The average Bonchev–Trinajstić information content (AvgIpc) is 3.00. The maximum absolute atomic E-state index is 12.0. The summed E-state index contributed by atoms with van der Waals surface area (Å²) in [7, 11) is 1.36. The lowest BCUT2D eigenvalue weighted by molar-refractivity contribution is -0.139. The lowest BCUT2D eigenvalue weighted by Crippen LogP contribution is -2.14. The summed E-state index contributed by atoms with van der Waals surface area (Å²) >= 11 is 4.02. The zero-order valence-corrected chi connectivity index (χ0v) is 14.5. The van der Waals surface area contributed by atoms with E-state index in [1.165, 1.54) is 42.0 Å². The number of hydrogen-bond acceptors (Lipinski definition) is 8. The molecule has 2 aromatic rings. The molecule has 0 saturated carbocycles. The van der Waals surface area contributed by atoms with Crippen LogP contribution in [0.2, 0.25) is 0 Å². The quantitative estimate of drug-likeness (QED) is 0.430. The molecule has 0 aliphatic heterocycles. The number of thioether (sulfide) groups is 2. The lowest BCUT2D eigenvalue weighted by atomic mass is 10.2. The highest BCUT2D eigenvalue weighted by Crippen LogP contribution is 2.31. The SMILES string of the molecule is COC(=O)[C@@H](C)Sc1nnc(SCC(=O)c2ccccc2)s1. The molecule has 116 valence electrons. The summed E-state index contributed by atoms with van der Waals surface area (Å²) in [6, 6.07) is 9.14. The van der Waals surface area contributed by atoms with Crippen LogP contribution in [0.15, 0.2) is 39.0 Å². The molecule has 1 atom stereocenters. The summed E-state index contributed by atoms with van der Waals surface area (Å²) in [5, 5.41) is 7.71. The second-order valence-electron chi connectivity index (χ2n) is 4.19. The Bertz CT molecular complexity index is 646. The van der Waals surface area contributed by atoms with Crippen molar-refractivity contribution < 1.29 is 14.3 Å². The van der Waals surface area contributed by atoms with Gasteiger partial charge in [0.2, 0.25) is 0 Å². The zero-order chi connectivity index (χ0) is 15.9. The van der Waals surface area contributed by atoms with Crippen LogP contribution < -0.4 is 0 Å². The minimum absolute atomic E-state index is 0.0536. The summed E-state index contributed by atoms with van der Waals surface area (Å²) in [6.45, 7) is 1.75. The number of carbonyl (C=O) groups excluding carboxylic acids is 2. The van der Waals surface area contributed by atoms with E-state index in [9.17, 15) is 9.59 Å².